The number of rotatable bonds is 6. The fourth-order valence-electron chi connectivity index (χ4n) is 2.20. The molecule has 0 saturated carbocycles. The third-order valence-corrected chi connectivity index (χ3v) is 5.03. The van der Waals surface area contributed by atoms with Gasteiger partial charge in [-0.25, -0.2) is 4.79 Å². The molecule has 0 bridgehead atoms. The van der Waals surface area contributed by atoms with Crippen LogP contribution in [0.2, 0.25) is 0 Å². The van der Waals surface area contributed by atoms with Crippen LogP contribution in [0.1, 0.15) is 25.0 Å². The highest BCUT2D eigenvalue weighted by Gasteiger charge is 2.25. The van der Waals surface area contributed by atoms with Gasteiger partial charge in [0.15, 0.2) is 0 Å². The van der Waals surface area contributed by atoms with Crippen molar-refractivity contribution < 1.29 is 18.0 Å². The van der Waals surface area contributed by atoms with Crippen molar-refractivity contribution in [2.24, 2.45) is 0 Å². The van der Waals surface area contributed by atoms with Crippen molar-refractivity contribution in [1.29, 1.82) is 0 Å². The molecule has 114 valence electrons. The van der Waals surface area contributed by atoms with Crippen molar-refractivity contribution in [1.82, 2.24) is 0 Å². The minimum atomic E-state index is -3.26. The molecule has 0 atom stereocenters. The molecule has 1 aromatic heterocycles. The summed E-state index contributed by atoms with van der Waals surface area (Å²) >= 11 is 0. The number of aryl methyl sites for hydroxylation is 1. The van der Waals surface area contributed by atoms with Gasteiger partial charge < -0.3 is 13.5 Å². The summed E-state index contributed by atoms with van der Waals surface area (Å²) in [5, 5.41) is 0.750. The predicted molar refractivity (Wildman–Crippen MR) is 81.8 cm³/mol. The lowest BCUT2D eigenvalue weighted by molar-refractivity contribution is 0.219. The van der Waals surface area contributed by atoms with Gasteiger partial charge in [0, 0.05) is 11.5 Å². The van der Waals surface area contributed by atoms with E-state index in [1.165, 1.54) is 6.07 Å². The van der Waals surface area contributed by atoms with Crippen LogP contribution < -0.4 is 5.63 Å². The van der Waals surface area contributed by atoms with Crippen LogP contribution in [0.15, 0.2) is 33.5 Å². The average molecular weight is 310 g/mol. The minimum Gasteiger partial charge on any atom is -0.423 e. The molecule has 0 radical (unpaired) electrons. The molecule has 0 spiro atoms. The Morgan fingerprint density at radius 2 is 1.81 bits per heavy atom. The number of hydrogen-bond donors (Lipinski definition) is 0. The number of fused-ring (bicyclic) bond motifs is 1. The maximum Gasteiger partial charge on any atom is 0.336 e. The molecule has 0 aliphatic heterocycles. The zero-order valence-electron chi connectivity index (χ0n) is 12.4. The molecule has 1 aromatic carbocycles. The first kappa shape index (κ1) is 16.0. The van der Waals surface area contributed by atoms with Crippen LogP contribution in [0, 0.1) is 6.92 Å². The highest BCUT2D eigenvalue weighted by atomic mass is 31.2. The van der Waals surface area contributed by atoms with E-state index < -0.39 is 13.2 Å². The summed E-state index contributed by atoms with van der Waals surface area (Å²) in [7, 11) is -3.26. The Balaban J connectivity index is 2.50. The second-order valence-electron chi connectivity index (χ2n) is 4.69. The second kappa shape index (κ2) is 6.56. The van der Waals surface area contributed by atoms with Gasteiger partial charge >= 0.3 is 13.2 Å². The van der Waals surface area contributed by atoms with Gasteiger partial charge in [0.05, 0.1) is 19.4 Å². The fourth-order valence-corrected chi connectivity index (χ4v) is 3.92. The standard InChI is InChI=1S/C15H19O5P/c1-4-18-21(17,19-5-2)10-12-9-15(16)20-14-8-11(3)6-7-13(12)14/h6-9H,4-5,10H2,1-3H3. The van der Waals surface area contributed by atoms with Crippen LogP contribution in [0.5, 0.6) is 0 Å². The first-order valence-electron chi connectivity index (χ1n) is 6.89. The van der Waals surface area contributed by atoms with Crippen molar-refractivity contribution in [3.8, 4) is 0 Å². The van der Waals surface area contributed by atoms with Gasteiger partial charge in [-0.1, -0.05) is 12.1 Å². The van der Waals surface area contributed by atoms with E-state index in [1.807, 2.05) is 19.1 Å². The molecule has 0 aliphatic rings. The van der Waals surface area contributed by atoms with Crippen molar-refractivity contribution in [2.45, 2.75) is 26.9 Å². The molecule has 5 nitrogen and oxygen atoms in total. The highest BCUT2D eigenvalue weighted by Crippen LogP contribution is 2.51. The van der Waals surface area contributed by atoms with Crippen molar-refractivity contribution >= 4 is 18.6 Å². The summed E-state index contributed by atoms with van der Waals surface area (Å²) in [5.41, 5.74) is 1.62. The molecule has 6 heteroatoms. The summed E-state index contributed by atoms with van der Waals surface area (Å²) in [6, 6.07) is 6.90. The van der Waals surface area contributed by atoms with Crippen LogP contribution in [0.25, 0.3) is 11.0 Å². The molecule has 0 aliphatic carbocycles. The van der Waals surface area contributed by atoms with Crippen molar-refractivity contribution in [3.05, 3.63) is 45.8 Å². The summed E-state index contributed by atoms with van der Waals surface area (Å²) in [6.07, 6.45) is 0.0554. The van der Waals surface area contributed by atoms with Gasteiger partial charge in [-0.15, -0.1) is 0 Å². The topological polar surface area (TPSA) is 65.7 Å². The maximum absolute atomic E-state index is 12.6. The van der Waals surface area contributed by atoms with Gasteiger partial charge in [-0.2, -0.15) is 0 Å². The van der Waals surface area contributed by atoms with E-state index in [-0.39, 0.29) is 19.4 Å². The normalized spacial score (nSPS) is 12.0. The van der Waals surface area contributed by atoms with E-state index in [2.05, 4.69) is 0 Å². The Bertz CT molecular complexity index is 724. The largest absolute Gasteiger partial charge is 0.423 e. The molecule has 0 saturated heterocycles. The molecular weight excluding hydrogens is 291 g/mol. The molecule has 2 rings (SSSR count). The van der Waals surface area contributed by atoms with Gasteiger partial charge in [0.1, 0.15) is 5.58 Å². The molecule has 0 unspecified atom stereocenters. The van der Waals surface area contributed by atoms with Crippen LogP contribution in [0.4, 0.5) is 0 Å². The lowest BCUT2D eigenvalue weighted by atomic mass is 10.1. The Labute approximate surface area is 123 Å². The summed E-state index contributed by atoms with van der Waals surface area (Å²) < 4.78 is 28.4. The van der Waals surface area contributed by atoms with E-state index in [4.69, 9.17) is 13.5 Å². The summed E-state index contributed by atoms with van der Waals surface area (Å²) in [4.78, 5) is 11.7. The Morgan fingerprint density at radius 1 is 1.14 bits per heavy atom. The fraction of sp³-hybridized carbons (Fsp3) is 0.400. The summed E-state index contributed by atoms with van der Waals surface area (Å²) in [5.74, 6) is 0. The third-order valence-electron chi connectivity index (χ3n) is 3.00. The van der Waals surface area contributed by atoms with Gasteiger partial charge in [-0.05, 0) is 38.0 Å². The SMILES string of the molecule is CCOP(=O)(Cc1cc(=O)oc2cc(C)ccc12)OCC. The van der Waals surface area contributed by atoms with Crippen LogP contribution >= 0.6 is 7.60 Å². The lowest BCUT2D eigenvalue weighted by Crippen LogP contribution is -2.04. The van der Waals surface area contributed by atoms with Crippen molar-refractivity contribution in [3.63, 3.8) is 0 Å². The van der Waals surface area contributed by atoms with Crippen LogP contribution in [-0.2, 0) is 19.8 Å². The van der Waals surface area contributed by atoms with Gasteiger partial charge in [-0.3, -0.25) is 4.57 Å². The monoisotopic (exact) mass is 310 g/mol. The Hall–Kier alpha value is -1.42. The third kappa shape index (κ3) is 3.82. The van der Waals surface area contributed by atoms with Crippen LogP contribution in [0.3, 0.4) is 0 Å². The molecule has 1 heterocycles. The van der Waals surface area contributed by atoms with E-state index in [1.54, 1.807) is 19.9 Å². The van der Waals surface area contributed by atoms with E-state index in [9.17, 15) is 9.36 Å². The Morgan fingerprint density at radius 3 is 2.43 bits per heavy atom. The minimum absolute atomic E-state index is 0.0554. The average Bonchev–Trinajstić information content (AvgIpc) is 2.38. The van der Waals surface area contributed by atoms with E-state index in [0.717, 1.165) is 10.9 Å². The molecule has 21 heavy (non-hydrogen) atoms. The van der Waals surface area contributed by atoms with Crippen molar-refractivity contribution in [2.75, 3.05) is 13.2 Å². The molecular formula is C15H19O5P. The number of hydrogen-bond acceptors (Lipinski definition) is 5. The molecule has 2 aromatic rings. The zero-order valence-corrected chi connectivity index (χ0v) is 13.3. The summed E-state index contributed by atoms with van der Waals surface area (Å²) in [6.45, 7) is 6.00. The van der Waals surface area contributed by atoms with Crippen LogP contribution in [-0.4, -0.2) is 13.2 Å². The first-order chi connectivity index (χ1) is 9.97. The predicted octanol–water partition coefficient (Wildman–Crippen LogP) is 3.87. The molecule has 0 fully saturated rings. The van der Waals surface area contributed by atoms with Gasteiger partial charge in [0.2, 0.25) is 0 Å². The van der Waals surface area contributed by atoms with E-state index >= 15 is 0 Å². The zero-order chi connectivity index (χ0) is 15.5. The number of benzene rings is 1. The quantitative estimate of drug-likeness (QED) is 0.598. The maximum atomic E-state index is 12.6. The molecule has 0 N–H and O–H groups in total. The van der Waals surface area contributed by atoms with Gasteiger partial charge in [0.25, 0.3) is 0 Å². The highest BCUT2D eigenvalue weighted by molar-refractivity contribution is 7.53. The molecule has 0 amide bonds. The lowest BCUT2D eigenvalue weighted by Gasteiger charge is -2.17. The second-order valence-corrected chi connectivity index (χ2v) is 6.75. The smallest absolute Gasteiger partial charge is 0.336 e. The Kier molecular flexibility index (Phi) is 4.99. The van der Waals surface area contributed by atoms with E-state index in [0.29, 0.717) is 11.1 Å². The first-order valence-corrected chi connectivity index (χ1v) is 8.61.